The van der Waals surface area contributed by atoms with Crippen LogP contribution in [0.2, 0.25) is 0 Å². The third-order valence-corrected chi connectivity index (χ3v) is 6.54. The molecule has 162 valence electrons. The number of likely N-dealkylation sites (N-methyl/N-ethyl adjacent to an activating group) is 1. The monoisotopic (exact) mass is 438 g/mol. The van der Waals surface area contributed by atoms with Gasteiger partial charge in [-0.15, -0.1) is 11.8 Å². The Morgan fingerprint density at radius 3 is 2.61 bits per heavy atom. The number of hydrogen-bond acceptors (Lipinski definition) is 5. The Balaban J connectivity index is 1.58. The van der Waals surface area contributed by atoms with Gasteiger partial charge >= 0.3 is 0 Å². The summed E-state index contributed by atoms with van der Waals surface area (Å²) in [4.78, 5) is 41.0. The minimum Gasteiger partial charge on any atom is -0.352 e. The van der Waals surface area contributed by atoms with Crippen LogP contribution in [-0.4, -0.2) is 61.1 Å². The Labute approximate surface area is 186 Å². The van der Waals surface area contributed by atoms with E-state index in [2.05, 4.69) is 28.1 Å². The zero-order valence-electron chi connectivity index (χ0n) is 17.6. The van der Waals surface area contributed by atoms with Gasteiger partial charge in [-0.3, -0.25) is 14.4 Å². The largest absolute Gasteiger partial charge is 0.352 e. The van der Waals surface area contributed by atoms with Crippen LogP contribution < -0.4 is 16.0 Å². The van der Waals surface area contributed by atoms with Crippen molar-refractivity contribution in [2.75, 3.05) is 31.7 Å². The van der Waals surface area contributed by atoms with E-state index in [0.29, 0.717) is 30.6 Å². The summed E-state index contributed by atoms with van der Waals surface area (Å²) >= 11 is 1.68. The zero-order chi connectivity index (χ0) is 22.0. The predicted octanol–water partition coefficient (Wildman–Crippen LogP) is 2.34. The average molecular weight is 439 g/mol. The first-order valence-corrected chi connectivity index (χ1v) is 11.6. The summed E-state index contributed by atoms with van der Waals surface area (Å²) in [6.07, 6.45) is 3.06. The van der Waals surface area contributed by atoms with Crippen molar-refractivity contribution in [2.24, 2.45) is 0 Å². The van der Waals surface area contributed by atoms with E-state index in [1.54, 1.807) is 29.8 Å². The van der Waals surface area contributed by atoms with Crippen LogP contribution in [0.1, 0.15) is 23.2 Å². The number of amides is 3. The summed E-state index contributed by atoms with van der Waals surface area (Å²) in [5.74, 6) is -0.473. The maximum atomic E-state index is 13.4. The molecule has 8 heteroatoms. The van der Waals surface area contributed by atoms with Gasteiger partial charge in [0.15, 0.2) is 0 Å². The van der Waals surface area contributed by atoms with Gasteiger partial charge in [-0.1, -0.05) is 18.2 Å². The van der Waals surface area contributed by atoms with Crippen molar-refractivity contribution >= 4 is 35.2 Å². The summed E-state index contributed by atoms with van der Waals surface area (Å²) in [5.41, 5.74) is 2.98. The van der Waals surface area contributed by atoms with Crippen LogP contribution in [-0.2, 0) is 9.59 Å². The lowest BCUT2D eigenvalue weighted by molar-refractivity contribution is -0.124. The van der Waals surface area contributed by atoms with E-state index in [-0.39, 0.29) is 30.3 Å². The Hall–Kier alpha value is -2.84. The fourth-order valence-electron chi connectivity index (χ4n) is 4.19. The van der Waals surface area contributed by atoms with E-state index in [1.165, 1.54) is 4.90 Å². The lowest BCUT2D eigenvalue weighted by Gasteiger charge is -2.37. The average Bonchev–Trinajstić information content (AvgIpc) is 2.88. The lowest BCUT2D eigenvalue weighted by atomic mass is 9.95. The highest BCUT2D eigenvalue weighted by Crippen LogP contribution is 2.32. The second-order valence-corrected chi connectivity index (χ2v) is 8.69. The van der Waals surface area contributed by atoms with Crippen LogP contribution in [0, 0.1) is 0 Å². The van der Waals surface area contributed by atoms with E-state index < -0.39 is 6.04 Å². The van der Waals surface area contributed by atoms with Gasteiger partial charge in [-0.25, -0.2) is 0 Å². The summed E-state index contributed by atoms with van der Waals surface area (Å²) in [7, 11) is 1.71. The Kier molecular flexibility index (Phi) is 6.29. The van der Waals surface area contributed by atoms with Crippen molar-refractivity contribution in [3.05, 3.63) is 48.0 Å². The molecule has 0 aliphatic carbocycles. The molecule has 7 nitrogen and oxygen atoms in total. The van der Waals surface area contributed by atoms with Crippen molar-refractivity contribution < 1.29 is 14.4 Å². The van der Waals surface area contributed by atoms with Crippen LogP contribution >= 0.6 is 11.8 Å². The Morgan fingerprint density at radius 2 is 1.90 bits per heavy atom. The number of fused-ring (bicyclic) bond motifs is 2. The molecular formula is C23H26N4O3S. The topological polar surface area (TPSA) is 90.5 Å². The smallest absolute Gasteiger partial charge is 0.256 e. The highest BCUT2D eigenvalue weighted by atomic mass is 32.2. The van der Waals surface area contributed by atoms with Crippen LogP contribution in [0.5, 0.6) is 0 Å². The van der Waals surface area contributed by atoms with Crippen LogP contribution in [0.4, 0.5) is 5.69 Å². The molecule has 2 aromatic rings. The summed E-state index contributed by atoms with van der Waals surface area (Å²) < 4.78 is 0. The molecule has 0 bridgehead atoms. The zero-order valence-corrected chi connectivity index (χ0v) is 18.4. The van der Waals surface area contributed by atoms with Gasteiger partial charge in [-0.05, 0) is 61.5 Å². The quantitative estimate of drug-likeness (QED) is 0.624. The Morgan fingerprint density at radius 1 is 1.16 bits per heavy atom. The van der Waals surface area contributed by atoms with Gasteiger partial charge in [0.1, 0.15) is 6.04 Å². The highest BCUT2D eigenvalue weighted by Gasteiger charge is 2.40. The summed E-state index contributed by atoms with van der Waals surface area (Å²) in [6, 6.07) is 13.0. The molecule has 2 aromatic carbocycles. The molecule has 31 heavy (non-hydrogen) atoms. The van der Waals surface area contributed by atoms with Gasteiger partial charge in [0.25, 0.3) is 5.91 Å². The molecular weight excluding hydrogens is 412 g/mol. The maximum absolute atomic E-state index is 13.4. The molecule has 0 saturated carbocycles. The van der Waals surface area contributed by atoms with Crippen molar-refractivity contribution in [3.63, 3.8) is 0 Å². The molecule has 3 N–H and O–H groups in total. The molecule has 2 aliphatic heterocycles. The number of benzene rings is 2. The fourth-order valence-corrected chi connectivity index (χ4v) is 4.60. The third-order valence-electron chi connectivity index (χ3n) is 5.80. The standard InChI is InChI=1S/C23H26N4O3S/c1-24-13-21(28)25-16-9-10-27-20(12-16)22(29)26-19-8-5-15(11-18(19)23(27)30)14-3-6-17(31-2)7-4-14/h3-8,11,16,20,24H,9-10,12-13H2,1-2H3,(H,25,28)(H,26,29)/t16-,20+/m1/s1. The summed E-state index contributed by atoms with van der Waals surface area (Å²) in [6.45, 7) is 0.648. The number of anilines is 1. The number of thioether (sulfide) groups is 1. The number of carbonyl (C=O) groups is 3. The molecule has 2 heterocycles. The molecule has 1 saturated heterocycles. The molecule has 0 spiro atoms. The minimum absolute atomic E-state index is 0.110. The molecule has 3 amide bonds. The third kappa shape index (κ3) is 4.45. The van der Waals surface area contributed by atoms with Gasteiger partial charge in [-0.2, -0.15) is 0 Å². The molecule has 2 atom stereocenters. The van der Waals surface area contributed by atoms with E-state index in [0.717, 1.165) is 11.1 Å². The Bertz CT molecular complexity index is 1010. The molecule has 4 rings (SSSR count). The number of rotatable bonds is 5. The predicted molar refractivity (Wildman–Crippen MR) is 122 cm³/mol. The molecule has 0 unspecified atom stereocenters. The highest BCUT2D eigenvalue weighted by molar-refractivity contribution is 7.98. The molecule has 2 aliphatic rings. The van der Waals surface area contributed by atoms with Crippen LogP contribution in [0.15, 0.2) is 47.4 Å². The van der Waals surface area contributed by atoms with Crippen LogP contribution in [0.3, 0.4) is 0 Å². The van der Waals surface area contributed by atoms with E-state index in [1.807, 2.05) is 30.5 Å². The summed E-state index contributed by atoms with van der Waals surface area (Å²) in [5, 5.41) is 8.69. The lowest BCUT2D eigenvalue weighted by Crippen LogP contribution is -2.55. The second kappa shape index (κ2) is 9.11. The fraction of sp³-hybridized carbons (Fsp3) is 0.348. The maximum Gasteiger partial charge on any atom is 0.256 e. The SMILES string of the molecule is CNCC(=O)N[C@@H]1CCN2C(=O)c3cc(-c4ccc(SC)cc4)ccc3NC(=O)[C@@H]2C1. The van der Waals surface area contributed by atoms with Crippen molar-refractivity contribution in [1.82, 2.24) is 15.5 Å². The van der Waals surface area contributed by atoms with Crippen LogP contribution in [0.25, 0.3) is 11.1 Å². The van der Waals surface area contributed by atoms with Gasteiger partial charge in [0, 0.05) is 17.5 Å². The van der Waals surface area contributed by atoms with Crippen molar-refractivity contribution in [1.29, 1.82) is 0 Å². The second-order valence-electron chi connectivity index (χ2n) is 7.81. The first-order chi connectivity index (χ1) is 15.0. The molecule has 0 radical (unpaired) electrons. The van der Waals surface area contributed by atoms with Gasteiger partial charge in [0.05, 0.1) is 17.8 Å². The first-order valence-electron chi connectivity index (χ1n) is 10.3. The van der Waals surface area contributed by atoms with Gasteiger partial charge in [0.2, 0.25) is 11.8 Å². The first kappa shape index (κ1) is 21.4. The minimum atomic E-state index is -0.599. The molecule has 0 aromatic heterocycles. The van der Waals surface area contributed by atoms with Crippen molar-refractivity contribution in [2.45, 2.75) is 29.8 Å². The van der Waals surface area contributed by atoms with Crippen molar-refractivity contribution in [3.8, 4) is 11.1 Å². The number of nitrogens with zero attached hydrogens (tertiary/aromatic N) is 1. The van der Waals surface area contributed by atoms with E-state index in [4.69, 9.17) is 0 Å². The van der Waals surface area contributed by atoms with E-state index in [9.17, 15) is 14.4 Å². The number of carbonyl (C=O) groups excluding carboxylic acids is 3. The number of piperidine rings is 1. The molecule has 1 fully saturated rings. The van der Waals surface area contributed by atoms with E-state index >= 15 is 0 Å². The van der Waals surface area contributed by atoms with Gasteiger partial charge < -0.3 is 20.9 Å². The number of hydrogen-bond donors (Lipinski definition) is 3. The number of nitrogens with one attached hydrogen (secondary N) is 3. The normalized spacial score (nSPS) is 20.4.